The minimum Gasteiger partial charge on any atom is -0.349 e. The summed E-state index contributed by atoms with van der Waals surface area (Å²) in [6.07, 6.45) is 4.16. The van der Waals surface area contributed by atoms with Gasteiger partial charge in [-0.1, -0.05) is 12.1 Å². The second-order valence-corrected chi connectivity index (χ2v) is 9.34. The van der Waals surface area contributed by atoms with Gasteiger partial charge in [-0.2, -0.15) is 0 Å². The molecule has 23 heavy (non-hydrogen) atoms. The highest BCUT2D eigenvalue weighted by Gasteiger charge is 2.34. The number of fused-ring (bicyclic) bond motifs is 2. The molecule has 2 aliphatic heterocycles. The zero-order valence-electron chi connectivity index (χ0n) is 13.6. The van der Waals surface area contributed by atoms with Crippen molar-refractivity contribution in [1.82, 2.24) is 10.6 Å². The van der Waals surface area contributed by atoms with Crippen molar-refractivity contribution in [3.05, 3.63) is 29.8 Å². The lowest BCUT2D eigenvalue weighted by atomic mass is 9.99. The SMILES string of the molecule is CC(C)S(=O)(=O)c1ccccc1C(=O)NC1CC2CCC(C1)N2. The van der Waals surface area contributed by atoms with Gasteiger partial charge in [0.2, 0.25) is 0 Å². The molecule has 5 nitrogen and oxygen atoms in total. The van der Waals surface area contributed by atoms with Crippen molar-refractivity contribution in [2.45, 2.75) is 67.8 Å². The van der Waals surface area contributed by atoms with Crippen LogP contribution in [0.15, 0.2) is 29.2 Å². The summed E-state index contributed by atoms with van der Waals surface area (Å²) in [5, 5.41) is 6.03. The maximum atomic E-state index is 12.6. The lowest BCUT2D eigenvalue weighted by molar-refractivity contribution is 0.0920. The van der Waals surface area contributed by atoms with E-state index >= 15 is 0 Å². The quantitative estimate of drug-likeness (QED) is 0.880. The Morgan fingerprint density at radius 2 is 1.78 bits per heavy atom. The minimum absolute atomic E-state index is 0.121. The zero-order valence-corrected chi connectivity index (χ0v) is 14.4. The van der Waals surface area contributed by atoms with E-state index in [1.54, 1.807) is 32.0 Å². The van der Waals surface area contributed by atoms with E-state index in [9.17, 15) is 13.2 Å². The number of carbonyl (C=O) groups is 1. The van der Waals surface area contributed by atoms with Crippen molar-refractivity contribution >= 4 is 15.7 Å². The largest absolute Gasteiger partial charge is 0.349 e. The van der Waals surface area contributed by atoms with Crippen LogP contribution >= 0.6 is 0 Å². The van der Waals surface area contributed by atoms with Gasteiger partial charge < -0.3 is 10.6 Å². The number of hydrogen-bond donors (Lipinski definition) is 2. The predicted molar refractivity (Wildman–Crippen MR) is 89.2 cm³/mol. The van der Waals surface area contributed by atoms with E-state index in [-0.39, 0.29) is 22.4 Å². The monoisotopic (exact) mass is 336 g/mol. The Hall–Kier alpha value is -1.40. The van der Waals surface area contributed by atoms with Crippen LogP contribution in [0.3, 0.4) is 0 Å². The molecule has 2 fully saturated rings. The van der Waals surface area contributed by atoms with Gasteiger partial charge >= 0.3 is 0 Å². The Labute approximate surface area is 137 Å². The van der Waals surface area contributed by atoms with E-state index in [1.807, 2.05) is 0 Å². The molecule has 0 spiro atoms. The molecular formula is C17H24N2O3S. The zero-order chi connectivity index (χ0) is 16.6. The van der Waals surface area contributed by atoms with E-state index in [0.717, 1.165) is 25.7 Å². The van der Waals surface area contributed by atoms with E-state index in [1.165, 1.54) is 6.07 Å². The van der Waals surface area contributed by atoms with Crippen LogP contribution < -0.4 is 10.6 Å². The topological polar surface area (TPSA) is 75.3 Å². The number of piperidine rings is 1. The normalized spacial score (nSPS) is 27.2. The third-order valence-electron chi connectivity index (χ3n) is 4.87. The molecule has 1 amide bonds. The Bertz CT molecular complexity index is 688. The van der Waals surface area contributed by atoms with Gasteiger partial charge in [-0.3, -0.25) is 4.79 Å². The number of nitrogens with one attached hydrogen (secondary N) is 2. The Kier molecular flexibility index (Phi) is 4.47. The molecule has 2 atom stereocenters. The summed E-state index contributed by atoms with van der Waals surface area (Å²) < 4.78 is 24.9. The summed E-state index contributed by atoms with van der Waals surface area (Å²) in [6.45, 7) is 3.27. The van der Waals surface area contributed by atoms with Crippen LogP contribution in [0.25, 0.3) is 0 Å². The predicted octanol–water partition coefficient (Wildman–Crippen LogP) is 1.88. The fraction of sp³-hybridized carbons (Fsp3) is 0.588. The smallest absolute Gasteiger partial charge is 0.252 e. The second-order valence-electron chi connectivity index (χ2n) is 6.87. The molecule has 2 saturated heterocycles. The van der Waals surface area contributed by atoms with Crippen molar-refractivity contribution in [1.29, 1.82) is 0 Å². The molecular weight excluding hydrogens is 312 g/mol. The Morgan fingerprint density at radius 3 is 2.39 bits per heavy atom. The van der Waals surface area contributed by atoms with Gasteiger partial charge in [0, 0.05) is 18.1 Å². The molecule has 2 N–H and O–H groups in total. The summed E-state index contributed by atoms with van der Waals surface area (Å²) in [7, 11) is -3.48. The third kappa shape index (κ3) is 3.28. The van der Waals surface area contributed by atoms with Gasteiger partial charge in [0.25, 0.3) is 5.91 Å². The number of carbonyl (C=O) groups excluding carboxylic acids is 1. The summed E-state index contributed by atoms with van der Waals surface area (Å²) >= 11 is 0. The van der Waals surface area contributed by atoms with E-state index in [2.05, 4.69) is 10.6 Å². The molecule has 2 heterocycles. The lowest BCUT2D eigenvalue weighted by Crippen LogP contribution is -2.48. The maximum absolute atomic E-state index is 12.6. The van der Waals surface area contributed by atoms with Crippen LogP contribution in [0.2, 0.25) is 0 Å². The van der Waals surface area contributed by atoms with Crippen LogP contribution in [0, 0.1) is 0 Å². The molecule has 3 rings (SSSR count). The van der Waals surface area contributed by atoms with Crippen LogP contribution in [0.1, 0.15) is 49.9 Å². The highest BCUT2D eigenvalue weighted by Crippen LogP contribution is 2.27. The highest BCUT2D eigenvalue weighted by molar-refractivity contribution is 7.92. The van der Waals surface area contributed by atoms with E-state index in [4.69, 9.17) is 0 Å². The van der Waals surface area contributed by atoms with Gasteiger partial charge in [0.05, 0.1) is 15.7 Å². The van der Waals surface area contributed by atoms with Crippen LogP contribution in [0.4, 0.5) is 0 Å². The first-order chi connectivity index (χ1) is 10.9. The first kappa shape index (κ1) is 16.5. The van der Waals surface area contributed by atoms with Crippen LogP contribution in [-0.2, 0) is 9.84 Å². The van der Waals surface area contributed by atoms with Crippen LogP contribution in [-0.4, -0.2) is 37.7 Å². The molecule has 1 aromatic rings. The number of rotatable bonds is 4. The van der Waals surface area contributed by atoms with Gasteiger partial charge in [0.15, 0.2) is 9.84 Å². The van der Waals surface area contributed by atoms with E-state index in [0.29, 0.717) is 12.1 Å². The standard InChI is InChI=1S/C17H24N2O3S/c1-11(2)23(21,22)16-6-4-3-5-15(16)17(20)19-14-9-12-7-8-13(10-14)18-12/h3-6,11-14,18H,7-10H2,1-2H3,(H,19,20). The van der Waals surface area contributed by atoms with Gasteiger partial charge in [0.1, 0.15) is 0 Å². The van der Waals surface area contributed by atoms with E-state index < -0.39 is 15.1 Å². The fourth-order valence-corrected chi connectivity index (χ4v) is 4.84. The summed E-state index contributed by atoms with van der Waals surface area (Å²) in [5.74, 6) is -0.281. The minimum atomic E-state index is -3.48. The summed E-state index contributed by atoms with van der Waals surface area (Å²) in [6, 6.07) is 7.58. The highest BCUT2D eigenvalue weighted by atomic mass is 32.2. The number of benzene rings is 1. The lowest BCUT2D eigenvalue weighted by Gasteiger charge is -2.29. The Balaban J connectivity index is 1.80. The molecule has 2 aliphatic rings. The molecule has 2 unspecified atom stereocenters. The van der Waals surface area contributed by atoms with Crippen molar-refractivity contribution in [3.8, 4) is 0 Å². The van der Waals surface area contributed by atoms with Gasteiger partial charge in [-0.15, -0.1) is 0 Å². The molecule has 126 valence electrons. The summed E-state index contributed by atoms with van der Waals surface area (Å²) in [4.78, 5) is 12.8. The van der Waals surface area contributed by atoms with Crippen molar-refractivity contribution in [2.75, 3.05) is 0 Å². The number of sulfone groups is 1. The average Bonchev–Trinajstić information content (AvgIpc) is 2.86. The van der Waals surface area contributed by atoms with Gasteiger partial charge in [-0.25, -0.2) is 8.42 Å². The molecule has 0 aliphatic carbocycles. The first-order valence-electron chi connectivity index (χ1n) is 8.27. The number of amides is 1. The second kappa shape index (κ2) is 6.24. The molecule has 0 radical (unpaired) electrons. The molecule has 0 aromatic heterocycles. The molecule has 0 saturated carbocycles. The van der Waals surface area contributed by atoms with Crippen LogP contribution in [0.5, 0.6) is 0 Å². The van der Waals surface area contributed by atoms with Gasteiger partial charge in [-0.05, 0) is 51.7 Å². The maximum Gasteiger partial charge on any atom is 0.252 e. The summed E-state index contributed by atoms with van der Waals surface area (Å²) in [5.41, 5.74) is 0.257. The van der Waals surface area contributed by atoms with Crippen molar-refractivity contribution in [3.63, 3.8) is 0 Å². The Morgan fingerprint density at radius 1 is 1.17 bits per heavy atom. The molecule has 6 heteroatoms. The first-order valence-corrected chi connectivity index (χ1v) is 9.82. The third-order valence-corrected chi connectivity index (χ3v) is 7.08. The van der Waals surface area contributed by atoms with Crippen molar-refractivity contribution in [2.24, 2.45) is 0 Å². The molecule has 2 bridgehead atoms. The fourth-order valence-electron chi connectivity index (χ4n) is 3.59. The number of hydrogen-bond acceptors (Lipinski definition) is 4. The average molecular weight is 336 g/mol. The van der Waals surface area contributed by atoms with Crippen molar-refractivity contribution < 1.29 is 13.2 Å². The molecule has 1 aromatic carbocycles.